The van der Waals surface area contributed by atoms with Gasteiger partial charge < -0.3 is 14.2 Å². The Morgan fingerprint density at radius 1 is 1.11 bits per heavy atom. The summed E-state index contributed by atoms with van der Waals surface area (Å²) in [5, 5.41) is 0.288. The van der Waals surface area contributed by atoms with Crippen LogP contribution < -0.4 is 0 Å². The predicted octanol–water partition coefficient (Wildman–Crippen LogP) is 1.62. The Hall–Kier alpha value is 0.130. The van der Waals surface area contributed by atoms with E-state index in [0.717, 1.165) is 26.2 Å². The zero-order chi connectivity index (χ0) is 13.2. The minimum Gasteiger partial charge on any atom is -0.382 e. The van der Waals surface area contributed by atoms with Gasteiger partial charge in [0.25, 0.3) is 0 Å². The molecule has 1 aliphatic heterocycles. The van der Waals surface area contributed by atoms with Crippen molar-refractivity contribution in [2.24, 2.45) is 5.92 Å². The molecular formula is C13H26ClNO3. The number of hydrogen-bond donors (Lipinski definition) is 0. The average Bonchev–Trinajstić information content (AvgIpc) is 2.37. The van der Waals surface area contributed by atoms with Gasteiger partial charge in [0.2, 0.25) is 0 Å². The second kappa shape index (κ2) is 9.98. The molecule has 0 spiro atoms. The van der Waals surface area contributed by atoms with E-state index < -0.39 is 0 Å². The van der Waals surface area contributed by atoms with E-state index in [4.69, 9.17) is 25.8 Å². The second-order valence-electron chi connectivity index (χ2n) is 4.80. The first-order valence-corrected chi connectivity index (χ1v) is 7.18. The number of halogens is 1. The lowest BCUT2D eigenvalue weighted by Gasteiger charge is -2.33. The fraction of sp³-hybridized carbons (Fsp3) is 1.00. The van der Waals surface area contributed by atoms with E-state index in [-0.39, 0.29) is 5.38 Å². The van der Waals surface area contributed by atoms with Crippen LogP contribution in [-0.4, -0.2) is 70.1 Å². The molecule has 1 aliphatic rings. The third kappa shape index (κ3) is 6.90. The van der Waals surface area contributed by atoms with Gasteiger partial charge in [0.15, 0.2) is 0 Å². The number of alkyl halides is 1. The lowest BCUT2D eigenvalue weighted by molar-refractivity contribution is 0.0177. The van der Waals surface area contributed by atoms with Crippen LogP contribution in [0, 0.1) is 5.92 Å². The highest BCUT2D eigenvalue weighted by Gasteiger charge is 2.23. The van der Waals surface area contributed by atoms with Crippen molar-refractivity contribution in [2.75, 3.05) is 59.8 Å². The Morgan fingerprint density at radius 3 is 2.44 bits per heavy atom. The molecule has 0 aliphatic carbocycles. The van der Waals surface area contributed by atoms with Crippen LogP contribution in [0.15, 0.2) is 0 Å². The summed E-state index contributed by atoms with van der Waals surface area (Å²) in [5.74, 6) is 0.637. The quantitative estimate of drug-likeness (QED) is 0.474. The fourth-order valence-corrected chi connectivity index (χ4v) is 2.27. The van der Waals surface area contributed by atoms with Crippen LogP contribution in [0.3, 0.4) is 0 Å². The van der Waals surface area contributed by atoms with Crippen LogP contribution in [-0.2, 0) is 14.2 Å². The number of likely N-dealkylation sites (tertiary alicyclic amines) is 1. The molecule has 0 bridgehead atoms. The summed E-state index contributed by atoms with van der Waals surface area (Å²) in [5.41, 5.74) is 0. The van der Waals surface area contributed by atoms with Crippen molar-refractivity contribution in [3.63, 3.8) is 0 Å². The molecule has 1 saturated heterocycles. The monoisotopic (exact) mass is 279 g/mol. The van der Waals surface area contributed by atoms with Crippen LogP contribution in [0.4, 0.5) is 0 Å². The van der Waals surface area contributed by atoms with Gasteiger partial charge in [0.05, 0.1) is 33.0 Å². The van der Waals surface area contributed by atoms with Crippen LogP contribution in [0.1, 0.15) is 13.3 Å². The van der Waals surface area contributed by atoms with Gasteiger partial charge in [0.1, 0.15) is 0 Å². The summed E-state index contributed by atoms with van der Waals surface area (Å²) < 4.78 is 15.7. The lowest BCUT2D eigenvalue weighted by Crippen LogP contribution is -2.41. The Labute approximate surface area is 116 Å². The number of methoxy groups -OCH3 is 1. The summed E-state index contributed by atoms with van der Waals surface area (Å²) >= 11 is 6.26. The first kappa shape index (κ1) is 16.2. The Morgan fingerprint density at radius 2 is 1.78 bits per heavy atom. The molecule has 1 heterocycles. The molecule has 0 radical (unpaired) electrons. The van der Waals surface area contributed by atoms with E-state index in [9.17, 15) is 0 Å². The van der Waals surface area contributed by atoms with Gasteiger partial charge in [-0.25, -0.2) is 0 Å². The molecule has 0 saturated carbocycles. The maximum Gasteiger partial charge on any atom is 0.0701 e. The van der Waals surface area contributed by atoms with Crippen LogP contribution in [0.2, 0.25) is 0 Å². The van der Waals surface area contributed by atoms with Crippen molar-refractivity contribution >= 4 is 11.6 Å². The molecular weight excluding hydrogens is 254 g/mol. The standard InChI is InChI=1S/C13H26ClNO3/c1-12-3-4-15(11-13(12)14)5-6-17-9-10-18-8-7-16-2/h12-13H,3-11H2,1-2H3. The normalized spacial score (nSPS) is 25.5. The minimum absolute atomic E-state index is 0.288. The van der Waals surface area contributed by atoms with Gasteiger partial charge in [-0.1, -0.05) is 6.92 Å². The highest BCUT2D eigenvalue weighted by Crippen LogP contribution is 2.21. The highest BCUT2D eigenvalue weighted by molar-refractivity contribution is 6.21. The van der Waals surface area contributed by atoms with E-state index in [1.165, 1.54) is 6.42 Å². The number of hydrogen-bond acceptors (Lipinski definition) is 4. The van der Waals surface area contributed by atoms with Gasteiger partial charge in [-0.2, -0.15) is 0 Å². The van der Waals surface area contributed by atoms with E-state index in [1.54, 1.807) is 7.11 Å². The third-order valence-corrected chi connectivity index (χ3v) is 3.87. The second-order valence-corrected chi connectivity index (χ2v) is 5.36. The smallest absolute Gasteiger partial charge is 0.0701 e. The number of ether oxygens (including phenoxy) is 3. The fourth-order valence-electron chi connectivity index (χ4n) is 1.95. The molecule has 4 nitrogen and oxygen atoms in total. The molecule has 2 atom stereocenters. The molecule has 108 valence electrons. The maximum atomic E-state index is 6.26. The van der Waals surface area contributed by atoms with Crippen molar-refractivity contribution < 1.29 is 14.2 Å². The molecule has 5 heteroatoms. The third-order valence-electron chi connectivity index (χ3n) is 3.31. The molecule has 0 amide bonds. The Bertz CT molecular complexity index is 207. The molecule has 0 aromatic carbocycles. The Kier molecular flexibility index (Phi) is 8.98. The first-order chi connectivity index (χ1) is 8.74. The van der Waals surface area contributed by atoms with E-state index in [1.807, 2.05) is 0 Å². The number of nitrogens with zero attached hydrogens (tertiary/aromatic N) is 1. The van der Waals surface area contributed by atoms with Gasteiger partial charge in [-0.3, -0.25) is 4.90 Å². The number of rotatable bonds is 9. The topological polar surface area (TPSA) is 30.9 Å². The van der Waals surface area contributed by atoms with E-state index in [2.05, 4.69) is 11.8 Å². The summed E-state index contributed by atoms with van der Waals surface area (Å²) in [6.45, 7) is 8.63. The van der Waals surface area contributed by atoms with Crippen LogP contribution >= 0.6 is 11.6 Å². The summed E-state index contributed by atoms with van der Waals surface area (Å²) in [6.07, 6.45) is 1.19. The van der Waals surface area contributed by atoms with Gasteiger partial charge >= 0.3 is 0 Å². The molecule has 0 aromatic heterocycles. The van der Waals surface area contributed by atoms with Gasteiger partial charge in [0, 0.05) is 25.6 Å². The van der Waals surface area contributed by atoms with Crippen molar-refractivity contribution in [3.05, 3.63) is 0 Å². The molecule has 0 aromatic rings. The average molecular weight is 280 g/mol. The highest BCUT2D eigenvalue weighted by atomic mass is 35.5. The summed E-state index contributed by atoms with van der Waals surface area (Å²) in [4.78, 5) is 2.38. The minimum atomic E-state index is 0.288. The largest absolute Gasteiger partial charge is 0.382 e. The van der Waals surface area contributed by atoms with Crippen molar-refractivity contribution in [1.82, 2.24) is 4.90 Å². The molecule has 1 rings (SSSR count). The molecule has 0 N–H and O–H groups in total. The zero-order valence-electron chi connectivity index (χ0n) is 11.6. The Balaban J connectivity index is 1.89. The first-order valence-electron chi connectivity index (χ1n) is 6.75. The zero-order valence-corrected chi connectivity index (χ0v) is 12.3. The summed E-state index contributed by atoms with van der Waals surface area (Å²) in [6, 6.07) is 0. The van der Waals surface area contributed by atoms with Crippen LogP contribution in [0.25, 0.3) is 0 Å². The SMILES string of the molecule is COCCOCCOCCN1CCC(C)C(Cl)C1. The van der Waals surface area contributed by atoms with Crippen LogP contribution in [0.5, 0.6) is 0 Å². The molecule has 2 unspecified atom stereocenters. The van der Waals surface area contributed by atoms with E-state index >= 15 is 0 Å². The maximum absolute atomic E-state index is 6.26. The van der Waals surface area contributed by atoms with Crippen molar-refractivity contribution in [1.29, 1.82) is 0 Å². The van der Waals surface area contributed by atoms with Gasteiger partial charge in [-0.05, 0) is 18.9 Å². The predicted molar refractivity (Wildman–Crippen MR) is 73.4 cm³/mol. The summed E-state index contributed by atoms with van der Waals surface area (Å²) in [7, 11) is 1.67. The van der Waals surface area contributed by atoms with E-state index in [0.29, 0.717) is 32.3 Å². The molecule has 18 heavy (non-hydrogen) atoms. The van der Waals surface area contributed by atoms with Gasteiger partial charge in [-0.15, -0.1) is 11.6 Å². The van der Waals surface area contributed by atoms with Crippen molar-refractivity contribution in [3.8, 4) is 0 Å². The van der Waals surface area contributed by atoms with Crippen molar-refractivity contribution in [2.45, 2.75) is 18.7 Å². The molecule has 1 fully saturated rings. The lowest BCUT2D eigenvalue weighted by atomic mass is 9.99. The number of piperidine rings is 1.